The number of amides is 1. The standard InChI is InChI=1S/C15H24N4O/c1-12(19-9-4-5-10-19)11-17-15(20)13-7-6-8-16-14(13)18(2)3/h6-8,12H,4-5,9-11H2,1-3H3,(H,17,20). The van der Waals surface area contributed by atoms with E-state index >= 15 is 0 Å². The lowest BCUT2D eigenvalue weighted by atomic mass is 10.2. The molecule has 1 aliphatic rings. The van der Waals surface area contributed by atoms with Gasteiger partial charge in [0.05, 0.1) is 5.56 Å². The predicted octanol–water partition coefficient (Wildman–Crippen LogP) is 1.36. The van der Waals surface area contributed by atoms with Gasteiger partial charge in [-0.15, -0.1) is 0 Å². The third-order valence-electron chi connectivity index (χ3n) is 3.78. The van der Waals surface area contributed by atoms with Crippen LogP contribution in [0.25, 0.3) is 0 Å². The molecule has 0 aromatic carbocycles. The number of carbonyl (C=O) groups excluding carboxylic acids is 1. The van der Waals surface area contributed by atoms with Gasteiger partial charge in [-0.05, 0) is 45.0 Å². The lowest BCUT2D eigenvalue weighted by Gasteiger charge is -2.24. The average Bonchev–Trinajstić information content (AvgIpc) is 2.98. The molecule has 0 spiro atoms. The van der Waals surface area contributed by atoms with Gasteiger partial charge in [0.15, 0.2) is 0 Å². The first-order chi connectivity index (χ1) is 9.59. The van der Waals surface area contributed by atoms with Gasteiger partial charge in [-0.3, -0.25) is 9.69 Å². The van der Waals surface area contributed by atoms with Crippen LogP contribution >= 0.6 is 0 Å². The molecule has 2 rings (SSSR count). The Labute approximate surface area is 121 Å². The summed E-state index contributed by atoms with van der Waals surface area (Å²) in [6, 6.07) is 4.00. The molecule has 0 aliphatic carbocycles. The number of carbonyl (C=O) groups is 1. The molecule has 5 heteroatoms. The first kappa shape index (κ1) is 14.8. The summed E-state index contributed by atoms with van der Waals surface area (Å²) in [6.45, 7) is 5.14. The van der Waals surface area contributed by atoms with Crippen LogP contribution in [-0.2, 0) is 0 Å². The fourth-order valence-electron chi connectivity index (χ4n) is 2.58. The van der Waals surface area contributed by atoms with Crippen LogP contribution in [-0.4, -0.2) is 55.6 Å². The van der Waals surface area contributed by atoms with Crippen molar-refractivity contribution in [3.63, 3.8) is 0 Å². The Hall–Kier alpha value is -1.62. The lowest BCUT2D eigenvalue weighted by molar-refractivity contribution is 0.0940. The zero-order valence-electron chi connectivity index (χ0n) is 12.6. The number of hydrogen-bond donors (Lipinski definition) is 1. The maximum atomic E-state index is 12.3. The number of pyridine rings is 1. The zero-order chi connectivity index (χ0) is 14.5. The van der Waals surface area contributed by atoms with E-state index in [1.165, 1.54) is 12.8 Å². The maximum Gasteiger partial charge on any atom is 0.255 e. The molecule has 0 bridgehead atoms. The first-order valence-corrected chi connectivity index (χ1v) is 7.24. The topological polar surface area (TPSA) is 48.5 Å². The number of rotatable bonds is 5. The van der Waals surface area contributed by atoms with Crippen LogP contribution in [0.5, 0.6) is 0 Å². The second-order valence-corrected chi connectivity index (χ2v) is 5.57. The summed E-state index contributed by atoms with van der Waals surface area (Å²) in [5, 5.41) is 3.02. The minimum Gasteiger partial charge on any atom is -0.362 e. The monoisotopic (exact) mass is 276 g/mol. The van der Waals surface area contributed by atoms with Gasteiger partial charge < -0.3 is 10.2 Å². The van der Waals surface area contributed by atoms with Gasteiger partial charge in [-0.2, -0.15) is 0 Å². The van der Waals surface area contributed by atoms with Crippen molar-refractivity contribution in [2.45, 2.75) is 25.8 Å². The minimum atomic E-state index is -0.0483. The van der Waals surface area contributed by atoms with E-state index in [0.717, 1.165) is 13.1 Å². The van der Waals surface area contributed by atoms with Gasteiger partial charge >= 0.3 is 0 Å². The van der Waals surface area contributed by atoms with E-state index in [2.05, 4.69) is 22.1 Å². The largest absolute Gasteiger partial charge is 0.362 e. The van der Waals surface area contributed by atoms with Gasteiger partial charge in [-0.25, -0.2) is 4.98 Å². The van der Waals surface area contributed by atoms with E-state index in [0.29, 0.717) is 24.0 Å². The molecule has 1 unspecified atom stereocenters. The number of hydrogen-bond acceptors (Lipinski definition) is 4. The summed E-state index contributed by atoms with van der Waals surface area (Å²) in [7, 11) is 3.79. The average molecular weight is 276 g/mol. The van der Waals surface area contributed by atoms with Crippen LogP contribution in [0.2, 0.25) is 0 Å². The van der Waals surface area contributed by atoms with Gasteiger partial charge in [0.25, 0.3) is 5.91 Å². The summed E-state index contributed by atoms with van der Waals surface area (Å²) < 4.78 is 0. The highest BCUT2D eigenvalue weighted by molar-refractivity contribution is 5.98. The molecular formula is C15H24N4O. The Morgan fingerprint density at radius 3 is 2.80 bits per heavy atom. The van der Waals surface area contributed by atoms with Crippen LogP contribution in [0.1, 0.15) is 30.1 Å². The highest BCUT2D eigenvalue weighted by atomic mass is 16.1. The smallest absolute Gasteiger partial charge is 0.255 e. The number of likely N-dealkylation sites (tertiary alicyclic amines) is 1. The maximum absolute atomic E-state index is 12.3. The highest BCUT2D eigenvalue weighted by Gasteiger charge is 2.19. The SMILES string of the molecule is CC(CNC(=O)c1cccnc1N(C)C)N1CCCC1. The van der Waals surface area contributed by atoms with Crippen LogP contribution in [0.3, 0.4) is 0 Å². The third kappa shape index (κ3) is 3.48. The van der Waals surface area contributed by atoms with Gasteiger partial charge in [-0.1, -0.05) is 0 Å². The molecule has 1 atom stereocenters. The molecule has 2 heterocycles. The number of anilines is 1. The minimum absolute atomic E-state index is 0.0483. The van der Waals surface area contributed by atoms with Crippen molar-refractivity contribution in [1.29, 1.82) is 0 Å². The van der Waals surface area contributed by atoms with Crippen LogP contribution < -0.4 is 10.2 Å². The summed E-state index contributed by atoms with van der Waals surface area (Å²) in [5.41, 5.74) is 0.631. The van der Waals surface area contributed by atoms with E-state index in [1.807, 2.05) is 25.1 Å². The third-order valence-corrected chi connectivity index (χ3v) is 3.78. The molecule has 1 saturated heterocycles. The quantitative estimate of drug-likeness (QED) is 0.882. The molecular weight excluding hydrogens is 252 g/mol. The highest BCUT2D eigenvalue weighted by Crippen LogP contribution is 2.14. The molecule has 1 aromatic rings. The van der Waals surface area contributed by atoms with Gasteiger partial charge in [0.2, 0.25) is 0 Å². The predicted molar refractivity (Wildman–Crippen MR) is 81.2 cm³/mol. The van der Waals surface area contributed by atoms with E-state index < -0.39 is 0 Å². The van der Waals surface area contributed by atoms with Crippen LogP contribution in [0, 0.1) is 0 Å². The van der Waals surface area contributed by atoms with E-state index in [1.54, 1.807) is 12.3 Å². The molecule has 20 heavy (non-hydrogen) atoms. The summed E-state index contributed by atoms with van der Waals surface area (Å²) in [4.78, 5) is 20.8. The zero-order valence-corrected chi connectivity index (χ0v) is 12.6. The molecule has 1 amide bonds. The van der Waals surface area contributed by atoms with Gasteiger partial charge in [0, 0.05) is 32.9 Å². The molecule has 0 radical (unpaired) electrons. The van der Waals surface area contributed by atoms with Crippen molar-refractivity contribution < 1.29 is 4.79 Å². The Bertz CT molecular complexity index is 455. The molecule has 1 aromatic heterocycles. The van der Waals surface area contributed by atoms with Crippen molar-refractivity contribution >= 4 is 11.7 Å². The number of nitrogens with one attached hydrogen (secondary N) is 1. The van der Waals surface area contributed by atoms with Crippen molar-refractivity contribution in [2.24, 2.45) is 0 Å². The molecule has 5 nitrogen and oxygen atoms in total. The van der Waals surface area contributed by atoms with E-state index in [-0.39, 0.29) is 5.91 Å². The van der Waals surface area contributed by atoms with E-state index in [9.17, 15) is 4.79 Å². The summed E-state index contributed by atoms with van der Waals surface area (Å²) >= 11 is 0. The van der Waals surface area contributed by atoms with Crippen molar-refractivity contribution in [1.82, 2.24) is 15.2 Å². The van der Waals surface area contributed by atoms with Gasteiger partial charge in [0.1, 0.15) is 5.82 Å². The fraction of sp³-hybridized carbons (Fsp3) is 0.600. The van der Waals surface area contributed by atoms with Crippen molar-refractivity contribution in [3.05, 3.63) is 23.9 Å². The fourth-order valence-corrected chi connectivity index (χ4v) is 2.58. The molecule has 1 aliphatic heterocycles. The number of nitrogens with zero attached hydrogens (tertiary/aromatic N) is 3. The Morgan fingerprint density at radius 1 is 1.45 bits per heavy atom. The summed E-state index contributed by atoms with van der Waals surface area (Å²) in [5.74, 6) is 0.659. The van der Waals surface area contributed by atoms with E-state index in [4.69, 9.17) is 0 Å². The van der Waals surface area contributed by atoms with Crippen LogP contribution in [0.4, 0.5) is 5.82 Å². The Morgan fingerprint density at radius 2 is 2.15 bits per heavy atom. The Kier molecular flexibility index (Phi) is 4.95. The second kappa shape index (κ2) is 6.70. The number of aromatic nitrogens is 1. The molecule has 0 saturated carbocycles. The molecule has 1 N–H and O–H groups in total. The summed E-state index contributed by atoms with van der Waals surface area (Å²) in [6.07, 6.45) is 4.25. The van der Waals surface area contributed by atoms with Crippen molar-refractivity contribution in [3.8, 4) is 0 Å². The second-order valence-electron chi connectivity index (χ2n) is 5.57. The molecule has 110 valence electrons. The molecule has 1 fully saturated rings. The Balaban J connectivity index is 1.94. The lowest BCUT2D eigenvalue weighted by Crippen LogP contribution is -2.41. The first-order valence-electron chi connectivity index (χ1n) is 7.24. The normalized spacial score (nSPS) is 16.9. The van der Waals surface area contributed by atoms with Crippen LogP contribution in [0.15, 0.2) is 18.3 Å². The van der Waals surface area contributed by atoms with Crippen molar-refractivity contribution in [2.75, 3.05) is 38.6 Å².